The Balaban J connectivity index is 2.24. The van der Waals surface area contributed by atoms with E-state index in [0.29, 0.717) is 0 Å². The lowest BCUT2D eigenvalue weighted by atomic mass is 9.63. The topological polar surface area (TPSA) is 43.1 Å². The first-order valence-corrected chi connectivity index (χ1v) is 7.92. The monoisotopic (exact) mass is 317 g/mol. The normalized spacial score (nSPS) is 22.5. The number of rotatable bonds is 5. The van der Waals surface area contributed by atoms with E-state index in [-0.39, 0.29) is 10.8 Å². The van der Waals surface area contributed by atoms with Gasteiger partial charge in [0.05, 0.1) is 5.41 Å². The molecule has 24 heavy (non-hydrogen) atoms. The van der Waals surface area contributed by atoms with Gasteiger partial charge in [-0.2, -0.15) is 0 Å². The Labute approximate surface area is 141 Å². The van der Waals surface area contributed by atoms with Crippen molar-refractivity contribution in [3.05, 3.63) is 119 Å². The van der Waals surface area contributed by atoms with E-state index in [9.17, 15) is 10.1 Å². The molecule has 0 fully saturated rings. The second-order valence-corrected chi connectivity index (χ2v) is 5.93. The van der Waals surface area contributed by atoms with Crippen molar-refractivity contribution in [2.24, 2.45) is 5.41 Å². The summed E-state index contributed by atoms with van der Waals surface area (Å²) in [6.07, 6.45) is 8.91. The molecule has 0 aliphatic heterocycles. The number of benzene rings is 2. The van der Waals surface area contributed by atoms with Crippen LogP contribution in [0.25, 0.3) is 0 Å². The Kier molecular flexibility index (Phi) is 4.43. The maximum atomic E-state index is 11.8. The molecule has 2 aromatic rings. The van der Waals surface area contributed by atoms with Crippen molar-refractivity contribution in [1.82, 2.24) is 0 Å². The first-order chi connectivity index (χ1) is 11.7. The molecule has 1 aliphatic rings. The Morgan fingerprint density at radius 2 is 1.54 bits per heavy atom. The quantitative estimate of drug-likeness (QED) is 0.453. The van der Waals surface area contributed by atoms with Gasteiger partial charge in [0.15, 0.2) is 0 Å². The summed E-state index contributed by atoms with van der Waals surface area (Å²) in [6, 6.07) is 19.0. The van der Waals surface area contributed by atoms with E-state index >= 15 is 0 Å². The standard InChI is InChI=1S/C21H19NO2/c1-2-21(16-10-9-15-19(21)22(23)24)20(17-11-5-3-6-12-17)18-13-7-4-8-14-18/h2-16,19-20H,1H2. The number of hydrogen-bond acceptors (Lipinski definition) is 2. The van der Waals surface area contributed by atoms with Crippen molar-refractivity contribution in [3.8, 4) is 0 Å². The molecule has 0 saturated heterocycles. The molecule has 0 heterocycles. The highest BCUT2D eigenvalue weighted by molar-refractivity contribution is 5.43. The van der Waals surface area contributed by atoms with Gasteiger partial charge in [0.1, 0.15) is 0 Å². The molecule has 0 amide bonds. The summed E-state index contributed by atoms with van der Waals surface area (Å²) in [5.41, 5.74) is 1.26. The zero-order chi connectivity index (χ0) is 17.0. The minimum absolute atomic E-state index is 0.186. The van der Waals surface area contributed by atoms with Gasteiger partial charge >= 0.3 is 0 Å². The van der Waals surface area contributed by atoms with E-state index < -0.39 is 11.5 Å². The lowest BCUT2D eigenvalue weighted by molar-refractivity contribution is -0.523. The van der Waals surface area contributed by atoms with Gasteiger partial charge in [-0.3, -0.25) is 10.1 Å². The highest BCUT2D eigenvalue weighted by Gasteiger charge is 2.49. The van der Waals surface area contributed by atoms with Gasteiger partial charge in [0.2, 0.25) is 6.04 Å². The number of allylic oxidation sites excluding steroid dienone is 2. The fraction of sp³-hybridized carbons (Fsp3) is 0.143. The lowest BCUT2D eigenvalue weighted by Crippen LogP contribution is -2.42. The maximum Gasteiger partial charge on any atom is 0.244 e. The first-order valence-electron chi connectivity index (χ1n) is 7.92. The minimum atomic E-state index is -0.856. The van der Waals surface area contributed by atoms with Gasteiger partial charge in [-0.25, -0.2) is 0 Å². The van der Waals surface area contributed by atoms with Gasteiger partial charge in [0, 0.05) is 10.8 Å². The van der Waals surface area contributed by atoms with Crippen LogP contribution in [0, 0.1) is 15.5 Å². The molecule has 0 radical (unpaired) electrons. The summed E-state index contributed by atoms with van der Waals surface area (Å²) in [6.45, 7) is 3.97. The lowest BCUT2D eigenvalue weighted by Gasteiger charge is -2.38. The first kappa shape index (κ1) is 15.9. The Morgan fingerprint density at radius 3 is 2.00 bits per heavy atom. The fourth-order valence-corrected chi connectivity index (χ4v) is 3.54. The van der Waals surface area contributed by atoms with E-state index in [1.54, 1.807) is 18.2 Å². The zero-order valence-corrected chi connectivity index (χ0v) is 13.3. The molecular formula is C21H19NO2. The third-order valence-electron chi connectivity index (χ3n) is 4.65. The molecule has 0 saturated carbocycles. The van der Waals surface area contributed by atoms with Gasteiger partial charge in [0.25, 0.3) is 0 Å². The molecule has 3 nitrogen and oxygen atoms in total. The van der Waals surface area contributed by atoms with E-state index in [4.69, 9.17) is 0 Å². The van der Waals surface area contributed by atoms with Crippen LogP contribution in [0.1, 0.15) is 17.0 Å². The number of nitro groups is 1. The van der Waals surface area contributed by atoms with E-state index in [0.717, 1.165) is 11.1 Å². The van der Waals surface area contributed by atoms with Crippen molar-refractivity contribution in [2.45, 2.75) is 12.0 Å². The molecule has 0 aromatic heterocycles. The SMILES string of the molecule is C=CC1(C(c2ccccc2)c2ccccc2)C=CC=CC1[N+](=O)[O-]. The average Bonchev–Trinajstić information content (AvgIpc) is 2.64. The summed E-state index contributed by atoms with van der Waals surface area (Å²) in [5.74, 6) is -0.186. The van der Waals surface area contributed by atoms with Crippen LogP contribution in [0.15, 0.2) is 97.6 Å². The van der Waals surface area contributed by atoms with Crippen molar-refractivity contribution in [3.63, 3.8) is 0 Å². The van der Waals surface area contributed by atoms with Crippen LogP contribution in [0.5, 0.6) is 0 Å². The highest BCUT2D eigenvalue weighted by Crippen LogP contribution is 2.48. The largest absolute Gasteiger partial charge is 0.264 e. The van der Waals surface area contributed by atoms with Crippen LogP contribution >= 0.6 is 0 Å². The van der Waals surface area contributed by atoms with Crippen LogP contribution in [0.3, 0.4) is 0 Å². The van der Waals surface area contributed by atoms with Gasteiger partial charge in [-0.1, -0.05) is 85.0 Å². The fourth-order valence-electron chi connectivity index (χ4n) is 3.54. The summed E-state index contributed by atoms with van der Waals surface area (Å²) in [7, 11) is 0. The molecule has 2 atom stereocenters. The second-order valence-electron chi connectivity index (χ2n) is 5.93. The van der Waals surface area contributed by atoms with E-state index in [1.807, 2.05) is 72.8 Å². The zero-order valence-electron chi connectivity index (χ0n) is 13.3. The summed E-state index contributed by atoms with van der Waals surface area (Å²) < 4.78 is 0. The van der Waals surface area contributed by atoms with Gasteiger partial charge in [-0.05, 0) is 17.2 Å². The van der Waals surface area contributed by atoms with Crippen LogP contribution < -0.4 is 0 Å². The number of hydrogen-bond donors (Lipinski definition) is 0. The average molecular weight is 317 g/mol. The molecule has 0 N–H and O–H groups in total. The maximum absolute atomic E-state index is 11.8. The molecule has 120 valence electrons. The predicted octanol–water partition coefficient (Wildman–Crippen LogP) is 4.76. The summed E-state index contributed by atoms with van der Waals surface area (Å²) in [5, 5.41) is 11.8. The third-order valence-corrected chi connectivity index (χ3v) is 4.65. The van der Waals surface area contributed by atoms with Crippen molar-refractivity contribution in [1.29, 1.82) is 0 Å². The Bertz CT molecular complexity index is 741. The van der Waals surface area contributed by atoms with Gasteiger partial charge < -0.3 is 0 Å². The number of nitrogens with zero attached hydrogens (tertiary/aromatic N) is 1. The second kappa shape index (κ2) is 6.67. The van der Waals surface area contributed by atoms with Crippen LogP contribution in [0.2, 0.25) is 0 Å². The molecule has 3 heteroatoms. The minimum Gasteiger partial charge on any atom is -0.264 e. The highest BCUT2D eigenvalue weighted by atomic mass is 16.6. The molecule has 0 bridgehead atoms. The van der Waals surface area contributed by atoms with Crippen LogP contribution in [0.4, 0.5) is 0 Å². The molecule has 3 rings (SSSR count). The van der Waals surface area contributed by atoms with E-state index in [2.05, 4.69) is 6.58 Å². The molecule has 2 aromatic carbocycles. The smallest absolute Gasteiger partial charge is 0.244 e. The molecule has 2 unspecified atom stereocenters. The predicted molar refractivity (Wildman–Crippen MR) is 96.4 cm³/mol. The molecule has 0 spiro atoms. The van der Waals surface area contributed by atoms with E-state index in [1.165, 1.54) is 0 Å². The van der Waals surface area contributed by atoms with Gasteiger partial charge in [-0.15, -0.1) is 6.58 Å². The van der Waals surface area contributed by atoms with Crippen LogP contribution in [-0.4, -0.2) is 11.0 Å². The molecule has 1 aliphatic carbocycles. The van der Waals surface area contributed by atoms with Crippen molar-refractivity contribution in [2.75, 3.05) is 0 Å². The Hall–Kier alpha value is -2.94. The molecular weight excluding hydrogens is 298 g/mol. The third kappa shape index (κ3) is 2.69. The van der Waals surface area contributed by atoms with Crippen LogP contribution in [-0.2, 0) is 0 Å². The van der Waals surface area contributed by atoms with Crippen molar-refractivity contribution < 1.29 is 4.92 Å². The summed E-state index contributed by atoms with van der Waals surface area (Å²) >= 11 is 0. The summed E-state index contributed by atoms with van der Waals surface area (Å²) in [4.78, 5) is 11.5. The van der Waals surface area contributed by atoms with Crippen molar-refractivity contribution >= 4 is 0 Å². The Morgan fingerprint density at radius 1 is 1.00 bits per heavy atom.